The van der Waals surface area contributed by atoms with E-state index in [9.17, 15) is 9.59 Å². The number of amides is 2. The van der Waals surface area contributed by atoms with Crippen LogP contribution in [0.5, 0.6) is 0 Å². The third kappa shape index (κ3) is 5.78. The number of hydrogen-bond donors (Lipinski definition) is 4. The molecule has 2 heterocycles. The van der Waals surface area contributed by atoms with Crippen molar-refractivity contribution in [3.63, 3.8) is 0 Å². The van der Waals surface area contributed by atoms with Gasteiger partial charge in [0.2, 0.25) is 11.9 Å². The van der Waals surface area contributed by atoms with Gasteiger partial charge in [-0.1, -0.05) is 37.1 Å². The molecule has 2 amide bonds. The Morgan fingerprint density at radius 2 is 1.79 bits per heavy atom. The minimum Gasteiger partial charge on any atom is -0.369 e. The minimum absolute atomic E-state index is 0.0411. The molecule has 1 aliphatic heterocycles. The average molecular weight is 514 g/mol. The molecule has 0 spiro atoms. The Bertz CT molecular complexity index is 1310. The molecular formula is C29H35N7O2. The molecule has 2 fully saturated rings. The number of hydrogen-bond acceptors (Lipinski definition) is 7. The van der Waals surface area contributed by atoms with Crippen molar-refractivity contribution in [1.29, 1.82) is 0 Å². The molecule has 0 radical (unpaired) electrons. The van der Waals surface area contributed by atoms with Crippen molar-refractivity contribution in [2.24, 2.45) is 17.4 Å². The van der Waals surface area contributed by atoms with E-state index in [2.05, 4.69) is 15.6 Å². The number of aromatic nitrogens is 2. The third-order valence-corrected chi connectivity index (χ3v) is 7.47. The maximum atomic E-state index is 12.9. The van der Waals surface area contributed by atoms with E-state index in [1.165, 1.54) is 0 Å². The quantitative estimate of drug-likeness (QED) is 0.356. The number of primary amides is 1. The number of carbonyl (C=O) groups excluding carboxylic acids is 2. The van der Waals surface area contributed by atoms with Crippen LogP contribution in [0.1, 0.15) is 54.4 Å². The summed E-state index contributed by atoms with van der Waals surface area (Å²) in [5.74, 6) is 0.509. The topological polar surface area (TPSA) is 139 Å². The van der Waals surface area contributed by atoms with Crippen molar-refractivity contribution >= 4 is 29.3 Å². The summed E-state index contributed by atoms with van der Waals surface area (Å²) in [6.07, 6.45) is 7.47. The van der Waals surface area contributed by atoms with E-state index in [1.54, 1.807) is 6.20 Å². The van der Waals surface area contributed by atoms with E-state index in [1.807, 2.05) is 53.4 Å². The van der Waals surface area contributed by atoms with Crippen LogP contribution in [0, 0.1) is 5.92 Å². The summed E-state index contributed by atoms with van der Waals surface area (Å²) in [6.45, 7) is 2.03. The van der Waals surface area contributed by atoms with Crippen molar-refractivity contribution in [1.82, 2.24) is 14.9 Å². The highest BCUT2D eigenvalue weighted by atomic mass is 16.2. The van der Waals surface area contributed by atoms with Gasteiger partial charge in [0.25, 0.3) is 5.91 Å². The molecule has 9 heteroatoms. The van der Waals surface area contributed by atoms with Crippen LogP contribution in [0.2, 0.25) is 0 Å². The Kier molecular flexibility index (Phi) is 7.83. The Hall–Kier alpha value is -3.98. The first-order valence-electron chi connectivity index (χ1n) is 13.4. The fourth-order valence-corrected chi connectivity index (χ4v) is 5.41. The van der Waals surface area contributed by atoms with E-state index < -0.39 is 0 Å². The van der Waals surface area contributed by atoms with Gasteiger partial charge in [-0.3, -0.25) is 9.59 Å². The van der Waals surface area contributed by atoms with Crippen LogP contribution >= 0.6 is 0 Å². The average Bonchev–Trinajstić information content (AvgIpc) is 3.48. The Morgan fingerprint density at radius 1 is 1.00 bits per heavy atom. The zero-order valence-corrected chi connectivity index (χ0v) is 21.5. The van der Waals surface area contributed by atoms with Crippen LogP contribution in [0.4, 0.5) is 17.5 Å². The molecule has 1 aliphatic carbocycles. The number of nitrogens with one attached hydrogen (secondary N) is 2. The first-order chi connectivity index (χ1) is 18.5. The molecule has 9 nitrogen and oxygen atoms in total. The summed E-state index contributed by atoms with van der Waals surface area (Å²) in [4.78, 5) is 36.4. The summed E-state index contributed by atoms with van der Waals surface area (Å²) in [5.41, 5.74) is 15.7. The lowest BCUT2D eigenvalue weighted by molar-refractivity contribution is -0.122. The van der Waals surface area contributed by atoms with Crippen LogP contribution < -0.4 is 22.1 Å². The summed E-state index contributed by atoms with van der Waals surface area (Å²) in [7, 11) is 0. The van der Waals surface area contributed by atoms with Crippen molar-refractivity contribution in [2.45, 2.75) is 51.1 Å². The molecule has 0 bridgehead atoms. The van der Waals surface area contributed by atoms with Crippen molar-refractivity contribution < 1.29 is 9.59 Å². The van der Waals surface area contributed by atoms with Crippen molar-refractivity contribution in [2.75, 3.05) is 23.7 Å². The van der Waals surface area contributed by atoms with Crippen LogP contribution in [-0.4, -0.2) is 45.8 Å². The number of carbonyl (C=O) groups is 2. The number of anilines is 3. The molecule has 3 aromatic rings. The molecule has 1 saturated heterocycles. The molecular weight excluding hydrogens is 478 g/mol. The van der Waals surface area contributed by atoms with E-state index in [0.29, 0.717) is 23.9 Å². The van der Waals surface area contributed by atoms with Crippen LogP contribution in [0.3, 0.4) is 0 Å². The maximum Gasteiger partial charge on any atom is 0.253 e. The van der Waals surface area contributed by atoms with E-state index in [0.717, 1.165) is 74.0 Å². The van der Waals surface area contributed by atoms with Gasteiger partial charge in [-0.25, -0.2) is 4.98 Å². The molecule has 198 valence electrons. The van der Waals surface area contributed by atoms with Gasteiger partial charge in [-0.15, -0.1) is 0 Å². The largest absolute Gasteiger partial charge is 0.369 e. The van der Waals surface area contributed by atoms with Crippen LogP contribution in [0.15, 0.2) is 54.7 Å². The summed E-state index contributed by atoms with van der Waals surface area (Å²) >= 11 is 0. The van der Waals surface area contributed by atoms with Crippen LogP contribution in [0.25, 0.3) is 11.1 Å². The Balaban J connectivity index is 1.45. The minimum atomic E-state index is -0.291. The van der Waals surface area contributed by atoms with Gasteiger partial charge in [-0.2, -0.15) is 4.98 Å². The number of rotatable bonds is 8. The van der Waals surface area contributed by atoms with E-state index in [4.69, 9.17) is 16.5 Å². The second kappa shape index (κ2) is 11.6. The van der Waals surface area contributed by atoms with Gasteiger partial charge in [0.1, 0.15) is 5.82 Å². The lowest BCUT2D eigenvalue weighted by Crippen LogP contribution is -2.40. The zero-order valence-electron chi connectivity index (χ0n) is 21.5. The standard InChI is InChI=1S/C29H35N7O2/c30-17-19-7-5-8-20(15-19)24-18-32-29(35-27(24)34-25-12-2-1-11-23(25)26(31)37)33-22-10-6-9-21(16-22)28(38)36-13-3-4-14-36/h5-10,15-16,18,23,25H,1-4,11-14,17,30H2,(H2,31,37)(H2,32,33,34,35)/t23-,25+/m0/s1. The SMILES string of the molecule is NCc1cccc(-c2cnc(Nc3cccc(C(=O)N4CCCC4)c3)nc2N[C@@H]2CCCC[C@@H]2C(N)=O)c1. The van der Waals surface area contributed by atoms with E-state index in [-0.39, 0.29) is 23.8 Å². The van der Waals surface area contributed by atoms with Gasteiger partial charge in [0, 0.05) is 48.7 Å². The number of nitrogens with zero attached hydrogens (tertiary/aromatic N) is 3. The normalized spacial score (nSPS) is 19.2. The second-order valence-electron chi connectivity index (χ2n) is 10.1. The molecule has 2 aliphatic rings. The summed E-state index contributed by atoms with van der Waals surface area (Å²) in [6, 6.07) is 15.3. The van der Waals surface area contributed by atoms with Gasteiger partial charge in [0.05, 0.1) is 5.92 Å². The molecule has 6 N–H and O–H groups in total. The number of benzene rings is 2. The molecule has 5 rings (SSSR count). The van der Waals surface area contributed by atoms with Crippen molar-refractivity contribution in [3.8, 4) is 11.1 Å². The van der Waals surface area contributed by atoms with E-state index >= 15 is 0 Å². The lowest BCUT2D eigenvalue weighted by atomic mass is 9.84. The fourth-order valence-electron chi connectivity index (χ4n) is 5.41. The smallest absolute Gasteiger partial charge is 0.253 e. The second-order valence-corrected chi connectivity index (χ2v) is 10.1. The Labute approximate surface area is 223 Å². The molecule has 2 atom stereocenters. The van der Waals surface area contributed by atoms with Gasteiger partial charge < -0.3 is 27.0 Å². The Morgan fingerprint density at radius 3 is 2.58 bits per heavy atom. The monoisotopic (exact) mass is 513 g/mol. The third-order valence-electron chi connectivity index (χ3n) is 7.47. The van der Waals surface area contributed by atoms with Gasteiger partial charge in [0.15, 0.2) is 0 Å². The lowest BCUT2D eigenvalue weighted by Gasteiger charge is -2.31. The first kappa shape index (κ1) is 25.7. The maximum absolute atomic E-state index is 12.9. The molecule has 2 aromatic carbocycles. The van der Waals surface area contributed by atoms with Crippen molar-refractivity contribution in [3.05, 3.63) is 65.9 Å². The predicted molar refractivity (Wildman–Crippen MR) is 149 cm³/mol. The van der Waals surface area contributed by atoms with Gasteiger partial charge >= 0.3 is 0 Å². The number of likely N-dealkylation sites (tertiary alicyclic amines) is 1. The summed E-state index contributed by atoms with van der Waals surface area (Å²) < 4.78 is 0. The molecule has 38 heavy (non-hydrogen) atoms. The zero-order chi connectivity index (χ0) is 26.5. The predicted octanol–water partition coefficient (Wildman–Crippen LogP) is 4.04. The first-order valence-corrected chi connectivity index (χ1v) is 13.4. The van der Waals surface area contributed by atoms with Gasteiger partial charge in [-0.05, 0) is 61.1 Å². The fraction of sp³-hybridized carbons (Fsp3) is 0.379. The molecule has 1 aromatic heterocycles. The highest BCUT2D eigenvalue weighted by Gasteiger charge is 2.30. The highest BCUT2D eigenvalue weighted by Crippen LogP contribution is 2.33. The van der Waals surface area contributed by atoms with Crippen LogP contribution in [-0.2, 0) is 11.3 Å². The summed E-state index contributed by atoms with van der Waals surface area (Å²) in [5, 5.41) is 6.78. The molecule has 0 unspecified atom stereocenters. The number of nitrogens with two attached hydrogens (primary N) is 2. The molecule has 1 saturated carbocycles. The highest BCUT2D eigenvalue weighted by molar-refractivity contribution is 5.95.